The van der Waals surface area contributed by atoms with Gasteiger partial charge in [0.2, 0.25) is 0 Å². The minimum Gasteiger partial charge on any atom is -0.0820 e. The van der Waals surface area contributed by atoms with Crippen LogP contribution in [0.5, 0.6) is 0 Å². The number of rotatable bonds is 0. The van der Waals surface area contributed by atoms with Gasteiger partial charge < -0.3 is 0 Å². The molecule has 2 heteroatoms. The zero-order valence-electron chi connectivity index (χ0n) is 6.14. The highest BCUT2D eigenvalue weighted by molar-refractivity contribution is 6.45. The van der Waals surface area contributed by atoms with Crippen LogP contribution in [0.4, 0.5) is 0 Å². The summed E-state index contributed by atoms with van der Waals surface area (Å²) < 4.78 is 0. The molecule has 0 N–H and O–H groups in total. The van der Waals surface area contributed by atoms with Crippen LogP contribution >= 0.6 is 23.2 Å². The topological polar surface area (TPSA) is 0 Å². The van der Waals surface area contributed by atoms with E-state index in [9.17, 15) is 0 Å². The summed E-state index contributed by atoms with van der Waals surface area (Å²) in [5.74, 6) is 0. The Morgan fingerprint density at radius 1 is 1.08 bits per heavy atom. The second kappa shape index (κ2) is 2.96. The molecule has 0 aliphatic heterocycles. The minimum atomic E-state index is 0.482. The summed E-state index contributed by atoms with van der Waals surface area (Å²) in [6.07, 6.45) is 0. The Balaban J connectivity index is 2.91. The van der Waals surface area contributed by atoms with Crippen LogP contribution in [0.15, 0.2) is 30.3 Å². The Morgan fingerprint density at radius 3 is 2.67 bits per heavy atom. The predicted molar refractivity (Wildman–Crippen MR) is 52.8 cm³/mol. The van der Waals surface area contributed by atoms with Crippen LogP contribution in [0, 0.1) is 6.07 Å². The maximum atomic E-state index is 5.96. The summed E-state index contributed by atoms with van der Waals surface area (Å²) >= 11 is 11.8. The molecular formula is C10H5Cl2. The number of hydrogen-bond acceptors (Lipinski definition) is 0. The second-order valence-electron chi connectivity index (χ2n) is 2.50. The van der Waals surface area contributed by atoms with Crippen molar-refractivity contribution in [2.45, 2.75) is 0 Å². The van der Waals surface area contributed by atoms with Gasteiger partial charge in [0, 0.05) is 11.5 Å². The van der Waals surface area contributed by atoms with Crippen molar-refractivity contribution >= 4 is 34.0 Å². The lowest BCUT2D eigenvalue weighted by Crippen LogP contribution is -1.74. The van der Waals surface area contributed by atoms with E-state index >= 15 is 0 Å². The summed E-state index contributed by atoms with van der Waals surface area (Å²) in [6, 6.07) is 12.5. The fourth-order valence-corrected chi connectivity index (χ4v) is 1.53. The molecule has 0 atom stereocenters. The lowest BCUT2D eigenvalue weighted by Gasteiger charge is -2.00. The fraction of sp³-hybridized carbons (Fsp3) is 0. The molecular weight excluding hydrogens is 191 g/mol. The molecule has 0 heterocycles. The summed E-state index contributed by atoms with van der Waals surface area (Å²) in [4.78, 5) is 0. The lowest BCUT2D eigenvalue weighted by molar-refractivity contribution is 1.73. The first kappa shape index (κ1) is 7.90. The molecule has 0 saturated heterocycles. The largest absolute Gasteiger partial charge is 0.0820 e. The number of benzene rings is 2. The first-order valence-corrected chi connectivity index (χ1v) is 4.29. The SMILES string of the molecule is Clc1[c]cc2ccccc2c1Cl. The second-order valence-corrected chi connectivity index (χ2v) is 3.26. The van der Waals surface area contributed by atoms with E-state index in [1.165, 1.54) is 0 Å². The molecule has 2 aromatic rings. The molecule has 0 bridgehead atoms. The highest BCUT2D eigenvalue weighted by atomic mass is 35.5. The van der Waals surface area contributed by atoms with Crippen molar-refractivity contribution in [2.75, 3.05) is 0 Å². The third-order valence-corrected chi connectivity index (χ3v) is 2.53. The monoisotopic (exact) mass is 195 g/mol. The molecule has 2 aromatic carbocycles. The minimum absolute atomic E-state index is 0.482. The summed E-state index contributed by atoms with van der Waals surface area (Å²) in [6.45, 7) is 0. The Labute approximate surface area is 80.7 Å². The van der Waals surface area contributed by atoms with E-state index < -0.39 is 0 Å². The smallest absolute Gasteiger partial charge is 0.0677 e. The maximum Gasteiger partial charge on any atom is 0.0677 e. The van der Waals surface area contributed by atoms with Gasteiger partial charge in [0.1, 0.15) is 0 Å². The Bertz CT molecular complexity index is 421. The van der Waals surface area contributed by atoms with Crippen LogP contribution in [0.1, 0.15) is 0 Å². The summed E-state index contributed by atoms with van der Waals surface area (Å²) in [7, 11) is 0. The van der Waals surface area contributed by atoms with Crippen LogP contribution in [0.2, 0.25) is 10.0 Å². The van der Waals surface area contributed by atoms with Gasteiger partial charge in [-0.15, -0.1) is 0 Å². The Kier molecular flexibility index (Phi) is 1.95. The van der Waals surface area contributed by atoms with Crippen molar-refractivity contribution in [3.8, 4) is 0 Å². The molecule has 0 aromatic heterocycles. The van der Waals surface area contributed by atoms with Crippen LogP contribution in [0.25, 0.3) is 10.8 Å². The van der Waals surface area contributed by atoms with E-state index in [4.69, 9.17) is 23.2 Å². The van der Waals surface area contributed by atoms with Crippen molar-refractivity contribution in [2.24, 2.45) is 0 Å². The van der Waals surface area contributed by atoms with Crippen LogP contribution in [-0.2, 0) is 0 Å². The van der Waals surface area contributed by atoms with Gasteiger partial charge >= 0.3 is 0 Å². The first-order chi connectivity index (χ1) is 5.79. The van der Waals surface area contributed by atoms with Gasteiger partial charge in [-0.3, -0.25) is 0 Å². The van der Waals surface area contributed by atoms with Gasteiger partial charge in [0.05, 0.1) is 10.0 Å². The van der Waals surface area contributed by atoms with Crippen molar-refractivity contribution in [3.05, 3.63) is 46.4 Å². The van der Waals surface area contributed by atoms with E-state index in [0.29, 0.717) is 10.0 Å². The fourth-order valence-electron chi connectivity index (χ4n) is 1.15. The van der Waals surface area contributed by atoms with E-state index in [1.54, 1.807) is 0 Å². The molecule has 2 rings (SSSR count). The molecule has 0 saturated carbocycles. The normalized spacial score (nSPS) is 10.5. The number of hydrogen-bond donors (Lipinski definition) is 0. The maximum absolute atomic E-state index is 5.96. The molecule has 0 nitrogen and oxygen atoms in total. The molecule has 0 amide bonds. The van der Waals surface area contributed by atoms with Gasteiger partial charge in [-0.25, -0.2) is 0 Å². The van der Waals surface area contributed by atoms with Gasteiger partial charge in [0.25, 0.3) is 0 Å². The number of fused-ring (bicyclic) bond motifs is 1. The predicted octanol–water partition coefficient (Wildman–Crippen LogP) is 3.95. The highest BCUT2D eigenvalue weighted by Gasteiger charge is 2.01. The van der Waals surface area contributed by atoms with E-state index in [0.717, 1.165) is 10.8 Å². The molecule has 0 spiro atoms. The van der Waals surface area contributed by atoms with Crippen molar-refractivity contribution in [1.82, 2.24) is 0 Å². The molecule has 0 aliphatic rings. The van der Waals surface area contributed by atoms with Crippen LogP contribution < -0.4 is 0 Å². The van der Waals surface area contributed by atoms with Gasteiger partial charge in [-0.2, -0.15) is 0 Å². The average molecular weight is 196 g/mol. The van der Waals surface area contributed by atoms with E-state index in [1.807, 2.05) is 30.3 Å². The van der Waals surface area contributed by atoms with Crippen LogP contribution in [0.3, 0.4) is 0 Å². The molecule has 1 radical (unpaired) electrons. The Hall–Kier alpha value is -0.720. The quantitative estimate of drug-likeness (QED) is 0.598. The summed E-state index contributed by atoms with van der Waals surface area (Å²) in [5.41, 5.74) is 0. The third-order valence-electron chi connectivity index (χ3n) is 1.74. The van der Waals surface area contributed by atoms with Gasteiger partial charge in [-0.1, -0.05) is 47.5 Å². The average Bonchev–Trinajstić information content (AvgIpc) is 2.12. The first-order valence-electron chi connectivity index (χ1n) is 3.53. The molecule has 12 heavy (non-hydrogen) atoms. The Morgan fingerprint density at radius 2 is 1.83 bits per heavy atom. The third kappa shape index (κ3) is 1.17. The van der Waals surface area contributed by atoms with Crippen LogP contribution in [-0.4, -0.2) is 0 Å². The molecule has 0 unspecified atom stereocenters. The van der Waals surface area contributed by atoms with E-state index in [2.05, 4.69) is 6.07 Å². The zero-order chi connectivity index (χ0) is 8.55. The van der Waals surface area contributed by atoms with Gasteiger partial charge in [-0.05, 0) is 11.5 Å². The highest BCUT2D eigenvalue weighted by Crippen LogP contribution is 2.29. The molecule has 0 aliphatic carbocycles. The lowest BCUT2D eigenvalue weighted by atomic mass is 10.1. The van der Waals surface area contributed by atoms with Crippen molar-refractivity contribution in [3.63, 3.8) is 0 Å². The zero-order valence-corrected chi connectivity index (χ0v) is 7.65. The number of halogens is 2. The van der Waals surface area contributed by atoms with Crippen molar-refractivity contribution < 1.29 is 0 Å². The standard InChI is InChI=1S/C10H5Cl2/c11-9-6-5-7-3-1-2-4-8(7)10(9)12/h1-5H. The van der Waals surface area contributed by atoms with E-state index in [-0.39, 0.29) is 0 Å². The van der Waals surface area contributed by atoms with Gasteiger partial charge in [0.15, 0.2) is 0 Å². The molecule has 0 fully saturated rings. The molecule has 59 valence electrons. The van der Waals surface area contributed by atoms with Crippen molar-refractivity contribution in [1.29, 1.82) is 0 Å². The summed E-state index contributed by atoms with van der Waals surface area (Å²) in [5, 5.41) is 3.10.